The Bertz CT molecular complexity index is 800. The van der Waals surface area contributed by atoms with Crippen LogP contribution in [0.4, 0.5) is 0 Å². The van der Waals surface area contributed by atoms with Crippen LogP contribution in [-0.4, -0.2) is 23.2 Å². The van der Waals surface area contributed by atoms with E-state index in [1.165, 1.54) is 6.42 Å². The average Bonchev–Trinajstić information content (AvgIpc) is 2.63. The van der Waals surface area contributed by atoms with E-state index in [1.54, 1.807) is 12.1 Å². The quantitative estimate of drug-likeness (QED) is 0.679. The fraction of sp³-hybridized carbons (Fsp3) is 0.619. The second kappa shape index (κ2) is 6.73. The molecule has 27 heavy (non-hydrogen) atoms. The standard InChI is InChI=1S/C21H25ClN2O3/c1-12-17-8-14(21(17,2)3)9-19(12)26-20-10-16(18(11-23)24(25)27-20)13-4-6-15(22)7-5-13/h4-7,12,14,16-17,19-20H,8-10H2,1-3H3/t12-,14+,16-,17-,19-,20+/m1/s1. The zero-order valence-electron chi connectivity index (χ0n) is 15.9. The molecule has 0 amide bonds. The Morgan fingerprint density at radius 3 is 2.56 bits per heavy atom. The van der Waals surface area contributed by atoms with Gasteiger partial charge in [-0.2, -0.15) is 10.7 Å². The summed E-state index contributed by atoms with van der Waals surface area (Å²) in [4.78, 5) is 18.0. The van der Waals surface area contributed by atoms with E-state index in [2.05, 4.69) is 20.8 Å². The van der Waals surface area contributed by atoms with Gasteiger partial charge in [-0.1, -0.05) is 44.5 Å². The first kappa shape index (κ1) is 18.7. The lowest BCUT2D eigenvalue weighted by atomic mass is 9.45. The van der Waals surface area contributed by atoms with Crippen molar-refractivity contribution in [2.45, 2.75) is 58.3 Å². The summed E-state index contributed by atoms with van der Waals surface area (Å²) in [5, 5.41) is 10.0. The number of rotatable bonds is 3. The van der Waals surface area contributed by atoms with Gasteiger partial charge in [-0.3, -0.25) is 0 Å². The molecule has 6 heteroatoms. The fourth-order valence-corrected chi connectivity index (χ4v) is 5.43. The SMILES string of the molecule is C[C@@H]1[C@H]2C[C@@H](C[C@H]1O[C@@H]1C[C@H](c3ccc(Cl)cc3)C(=C=[N-])[N+](=O)O1)C2(C)C. The molecule has 0 aromatic heterocycles. The van der Waals surface area contributed by atoms with E-state index in [1.807, 2.05) is 18.0 Å². The van der Waals surface area contributed by atoms with E-state index < -0.39 is 6.29 Å². The highest BCUT2D eigenvalue weighted by molar-refractivity contribution is 6.30. The normalized spacial score (nSPS) is 37.2. The van der Waals surface area contributed by atoms with Crippen molar-refractivity contribution in [3.05, 3.63) is 50.9 Å². The van der Waals surface area contributed by atoms with Crippen molar-refractivity contribution < 1.29 is 14.5 Å². The topological polar surface area (TPSA) is 60.8 Å². The van der Waals surface area contributed by atoms with Crippen molar-refractivity contribution in [2.24, 2.45) is 23.2 Å². The number of benzene rings is 1. The van der Waals surface area contributed by atoms with E-state index in [0.717, 1.165) is 12.0 Å². The monoisotopic (exact) mass is 388 g/mol. The Labute approximate surface area is 164 Å². The maximum absolute atomic E-state index is 12.3. The number of allylic oxidation sites excluding steroid dienone is 1. The van der Waals surface area contributed by atoms with Gasteiger partial charge in [-0.05, 0) is 53.7 Å². The first-order valence-electron chi connectivity index (χ1n) is 9.63. The zero-order valence-corrected chi connectivity index (χ0v) is 16.6. The maximum Gasteiger partial charge on any atom is 0.320 e. The molecule has 1 heterocycles. The molecule has 144 valence electrons. The highest BCUT2D eigenvalue weighted by Crippen LogP contribution is 2.62. The number of halogens is 1. The van der Waals surface area contributed by atoms with Crippen molar-refractivity contribution in [3.8, 4) is 0 Å². The van der Waals surface area contributed by atoms with Gasteiger partial charge in [0, 0.05) is 11.4 Å². The largest absolute Gasteiger partial charge is 0.758 e. The van der Waals surface area contributed by atoms with Crippen LogP contribution >= 0.6 is 11.6 Å². The van der Waals surface area contributed by atoms with Crippen LogP contribution in [0.15, 0.2) is 30.0 Å². The molecule has 0 N–H and O–H groups in total. The lowest BCUT2D eigenvalue weighted by molar-refractivity contribution is -0.801. The number of ether oxygens (including phenoxy) is 1. The first-order valence-corrected chi connectivity index (χ1v) is 10.0. The molecule has 0 unspecified atom stereocenters. The van der Waals surface area contributed by atoms with Crippen LogP contribution in [0.25, 0.3) is 5.41 Å². The summed E-state index contributed by atoms with van der Waals surface area (Å²) in [5.74, 6) is 3.40. The van der Waals surface area contributed by atoms with Gasteiger partial charge < -0.3 is 10.1 Å². The molecule has 5 nitrogen and oxygen atoms in total. The fourth-order valence-electron chi connectivity index (χ4n) is 5.30. The molecule has 6 atom stereocenters. The van der Waals surface area contributed by atoms with Crippen molar-refractivity contribution in [2.75, 3.05) is 0 Å². The third-order valence-electron chi connectivity index (χ3n) is 7.17. The minimum Gasteiger partial charge on any atom is -0.758 e. The second-order valence-corrected chi connectivity index (χ2v) is 9.20. The molecule has 2 bridgehead atoms. The van der Waals surface area contributed by atoms with Crippen molar-refractivity contribution in [3.63, 3.8) is 0 Å². The third kappa shape index (κ3) is 3.12. The summed E-state index contributed by atoms with van der Waals surface area (Å²) < 4.78 is 6.26. The van der Waals surface area contributed by atoms with E-state index in [9.17, 15) is 10.3 Å². The molecule has 4 fully saturated rings. The van der Waals surface area contributed by atoms with Gasteiger partial charge in [-0.25, -0.2) is 0 Å². The Kier molecular flexibility index (Phi) is 4.66. The number of fused-ring (bicyclic) bond motifs is 2. The van der Waals surface area contributed by atoms with Gasteiger partial charge in [0.25, 0.3) is 11.2 Å². The smallest absolute Gasteiger partial charge is 0.320 e. The summed E-state index contributed by atoms with van der Waals surface area (Å²) in [6.45, 7) is 6.94. The summed E-state index contributed by atoms with van der Waals surface area (Å²) >= 11 is 5.97. The molecular weight excluding hydrogens is 364 g/mol. The van der Waals surface area contributed by atoms with Gasteiger partial charge in [-0.15, -0.1) is 0 Å². The minimum absolute atomic E-state index is 0.0536. The van der Waals surface area contributed by atoms with Crippen molar-refractivity contribution in [1.82, 2.24) is 0 Å². The summed E-state index contributed by atoms with van der Waals surface area (Å²) in [6, 6.07) is 7.24. The lowest BCUT2D eigenvalue weighted by Crippen LogP contribution is -2.58. The van der Waals surface area contributed by atoms with Crippen molar-refractivity contribution in [1.29, 1.82) is 0 Å². The molecule has 5 rings (SSSR count). The van der Waals surface area contributed by atoms with Crippen LogP contribution in [0.3, 0.4) is 0 Å². The molecule has 1 saturated heterocycles. The number of hydrogen-bond acceptors (Lipinski definition) is 3. The van der Waals surface area contributed by atoms with Gasteiger partial charge in [0.15, 0.2) is 0 Å². The number of nitrogens with zero attached hydrogens (tertiary/aromatic N) is 2. The molecule has 3 aliphatic carbocycles. The van der Waals surface area contributed by atoms with Crippen LogP contribution in [0, 0.1) is 28.1 Å². The Morgan fingerprint density at radius 1 is 1.26 bits per heavy atom. The summed E-state index contributed by atoms with van der Waals surface area (Å²) in [7, 11) is 0. The molecule has 3 saturated carbocycles. The second-order valence-electron chi connectivity index (χ2n) is 8.76. The Hall–Kier alpha value is -1.68. The highest BCUT2D eigenvalue weighted by Gasteiger charge is 2.57. The Morgan fingerprint density at radius 2 is 1.96 bits per heavy atom. The van der Waals surface area contributed by atoms with Crippen LogP contribution in [0.1, 0.15) is 51.5 Å². The average molecular weight is 389 g/mol. The number of hydrogen-bond donors (Lipinski definition) is 0. The van der Waals surface area contributed by atoms with Crippen LogP contribution in [0.5, 0.6) is 0 Å². The van der Waals surface area contributed by atoms with Gasteiger partial charge in [0.1, 0.15) is 0 Å². The molecule has 4 aliphatic rings. The van der Waals surface area contributed by atoms with Crippen LogP contribution in [-0.2, 0) is 9.57 Å². The van der Waals surface area contributed by atoms with Gasteiger partial charge in [0.05, 0.1) is 16.9 Å². The molecule has 1 aliphatic heterocycles. The highest BCUT2D eigenvalue weighted by atomic mass is 35.5. The molecule has 1 aromatic rings. The van der Waals surface area contributed by atoms with E-state index in [4.69, 9.17) is 21.2 Å². The zero-order chi connectivity index (χ0) is 19.3. The van der Waals surface area contributed by atoms with Crippen molar-refractivity contribution >= 4 is 17.5 Å². The maximum atomic E-state index is 12.3. The molecule has 0 radical (unpaired) electrons. The van der Waals surface area contributed by atoms with E-state index >= 15 is 0 Å². The molecule has 0 spiro atoms. The minimum atomic E-state index is -0.645. The van der Waals surface area contributed by atoms with Crippen LogP contribution < -0.4 is 0 Å². The lowest BCUT2D eigenvalue weighted by Gasteiger charge is -2.61. The van der Waals surface area contributed by atoms with E-state index in [-0.39, 0.29) is 17.7 Å². The van der Waals surface area contributed by atoms with Crippen LogP contribution in [0.2, 0.25) is 5.02 Å². The third-order valence-corrected chi connectivity index (χ3v) is 7.42. The van der Waals surface area contributed by atoms with Gasteiger partial charge in [0.2, 0.25) is 0 Å². The molecule has 1 aromatic carbocycles. The molecular formula is C21H25ClN2O3. The summed E-state index contributed by atoms with van der Waals surface area (Å²) in [6.07, 6.45) is 2.17. The van der Waals surface area contributed by atoms with Gasteiger partial charge >= 0.3 is 5.70 Å². The Balaban J connectivity index is 1.50. The predicted molar refractivity (Wildman–Crippen MR) is 103 cm³/mol. The predicted octanol–water partition coefficient (Wildman–Crippen LogP) is 5.07. The summed E-state index contributed by atoms with van der Waals surface area (Å²) in [5.41, 5.74) is 1.30. The first-order chi connectivity index (χ1) is 12.8. The van der Waals surface area contributed by atoms with E-state index in [0.29, 0.717) is 39.5 Å².